The van der Waals surface area contributed by atoms with E-state index in [9.17, 15) is 36.8 Å². The third-order valence-corrected chi connectivity index (χ3v) is 10.2. The first-order valence-electron chi connectivity index (χ1n) is 16.3. The molecule has 1 aromatic heterocycles. The van der Waals surface area contributed by atoms with Gasteiger partial charge >= 0.3 is 12.6 Å². The number of amides is 2. The van der Waals surface area contributed by atoms with Crippen LogP contribution in [-0.2, 0) is 30.7 Å². The van der Waals surface area contributed by atoms with Crippen molar-refractivity contribution in [2.24, 2.45) is 5.92 Å². The molecular formula is C34H36Cl2F2N4O10S. The summed E-state index contributed by atoms with van der Waals surface area (Å²) < 4.78 is 74.4. The second-order valence-corrected chi connectivity index (χ2v) is 15.0. The van der Waals surface area contributed by atoms with Crippen molar-refractivity contribution in [1.29, 1.82) is 0 Å². The van der Waals surface area contributed by atoms with Gasteiger partial charge in [0, 0.05) is 38.7 Å². The van der Waals surface area contributed by atoms with Crippen molar-refractivity contribution in [2.45, 2.75) is 32.0 Å². The molecule has 0 radical (unpaired) electrons. The largest absolute Gasteiger partial charge is 0.619 e. The Morgan fingerprint density at radius 3 is 2.40 bits per heavy atom. The molecule has 286 valence electrons. The molecule has 1 aliphatic heterocycles. The van der Waals surface area contributed by atoms with Crippen molar-refractivity contribution in [2.75, 3.05) is 57.1 Å². The minimum atomic E-state index is -3.80. The number of imide groups is 1. The van der Waals surface area contributed by atoms with Crippen LogP contribution in [0.5, 0.6) is 11.5 Å². The first-order valence-corrected chi connectivity index (χ1v) is 18.9. The fourth-order valence-corrected chi connectivity index (χ4v) is 7.05. The molecule has 0 saturated heterocycles. The number of nitrogens with zero attached hydrogens (tertiary/aromatic N) is 3. The van der Waals surface area contributed by atoms with E-state index in [2.05, 4.69) is 10.1 Å². The number of ether oxygens (including phenoxy) is 4. The van der Waals surface area contributed by atoms with Gasteiger partial charge in [0.05, 0.1) is 36.3 Å². The summed E-state index contributed by atoms with van der Waals surface area (Å²) in [5.41, 5.74) is 0.431. The number of carbonyl (C=O) groups is 3. The summed E-state index contributed by atoms with van der Waals surface area (Å²) in [4.78, 5) is 41.0. The Labute approximate surface area is 314 Å². The van der Waals surface area contributed by atoms with Crippen LogP contribution in [0.15, 0.2) is 48.8 Å². The summed E-state index contributed by atoms with van der Waals surface area (Å²) in [6.45, 7) is -2.56. The van der Waals surface area contributed by atoms with Crippen molar-refractivity contribution < 1.29 is 55.3 Å². The van der Waals surface area contributed by atoms with E-state index in [1.54, 1.807) is 0 Å². The second kappa shape index (κ2) is 17.2. The topological polar surface area (TPSA) is 168 Å². The van der Waals surface area contributed by atoms with Gasteiger partial charge in [-0.3, -0.25) is 23.6 Å². The van der Waals surface area contributed by atoms with Gasteiger partial charge in [-0.15, -0.1) is 0 Å². The van der Waals surface area contributed by atoms with Crippen LogP contribution in [0.2, 0.25) is 10.0 Å². The molecule has 0 spiro atoms. The van der Waals surface area contributed by atoms with Crippen molar-refractivity contribution >= 4 is 56.7 Å². The molecule has 1 atom stereocenters. The fraction of sp³-hybridized carbons (Fsp3) is 0.412. The van der Waals surface area contributed by atoms with E-state index >= 15 is 0 Å². The number of pyridine rings is 1. The predicted molar refractivity (Wildman–Crippen MR) is 188 cm³/mol. The van der Waals surface area contributed by atoms with Crippen LogP contribution in [0.1, 0.15) is 50.8 Å². The molecular weight excluding hydrogens is 765 g/mol. The maximum Gasteiger partial charge on any atom is 0.387 e. The van der Waals surface area contributed by atoms with Crippen molar-refractivity contribution in [3.05, 3.63) is 86.3 Å². The highest BCUT2D eigenvalue weighted by Gasteiger charge is 2.38. The SMILES string of the molecule is COCCNCCN(c1ccc2c(c1)C(=O)N(CC(=O)OC(Cc1c(Cl)c[n+]([O-])cc1Cl)c1ccc(OC(F)F)c(OCC3CC3)c1)C2=O)S(C)(=O)=O. The predicted octanol–water partition coefficient (Wildman–Crippen LogP) is 4.14. The first-order chi connectivity index (χ1) is 25.2. The third-order valence-electron chi connectivity index (χ3n) is 8.35. The average molecular weight is 802 g/mol. The lowest BCUT2D eigenvalue weighted by Crippen LogP contribution is -2.37. The number of aromatic nitrogens is 1. The Hall–Kier alpha value is -4.29. The molecule has 53 heavy (non-hydrogen) atoms. The molecule has 3 aromatic rings. The third kappa shape index (κ3) is 10.2. The molecule has 1 aliphatic carbocycles. The van der Waals surface area contributed by atoms with Gasteiger partial charge in [0.2, 0.25) is 10.0 Å². The number of halogens is 4. The summed E-state index contributed by atoms with van der Waals surface area (Å²) in [5.74, 6) is -2.75. The van der Waals surface area contributed by atoms with Gasteiger partial charge in [0.25, 0.3) is 11.8 Å². The molecule has 2 aromatic carbocycles. The number of hydrogen-bond acceptors (Lipinski definition) is 11. The Bertz CT molecular complexity index is 1950. The highest BCUT2D eigenvalue weighted by Crippen LogP contribution is 2.38. The monoisotopic (exact) mass is 800 g/mol. The van der Waals surface area contributed by atoms with E-state index in [0.717, 1.165) is 35.8 Å². The summed E-state index contributed by atoms with van der Waals surface area (Å²) in [7, 11) is -2.26. The normalized spacial score (nSPS) is 14.7. The Kier molecular flexibility index (Phi) is 13.0. The number of nitrogens with one attached hydrogen (secondary N) is 1. The van der Waals surface area contributed by atoms with Crippen molar-refractivity contribution in [3.8, 4) is 11.5 Å². The number of anilines is 1. The van der Waals surface area contributed by atoms with E-state index < -0.39 is 47.1 Å². The van der Waals surface area contributed by atoms with E-state index in [4.69, 9.17) is 37.4 Å². The van der Waals surface area contributed by atoms with Gasteiger partial charge in [-0.05, 0) is 54.7 Å². The molecule has 1 fully saturated rings. The van der Waals surface area contributed by atoms with Crippen molar-refractivity contribution in [3.63, 3.8) is 0 Å². The van der Waals surface area contributed by atoms with Crippen LogP contribution >= 0.6 is 23.2 Å². The zero-order valence-electron chi connectivity index (χ0n) is 28.6. The number of benzene rings is 2. The minimum Gasteiger partial charge on any atom is -0.619 e. The molecule has 1 N–H and O–H groups in total. The van der Waals surface area contributed by atoms with E-state index in [1.165, 1.54) is 43.5 Å². The second-order valence-electron chi connectivity index (χ2n) is 12.3. The van der Waals surface area contributed by atoms with Gasteiger partial charge in [-0.25, -0.2) is 8.42 Å². The number of sulfonamides is 1. The molecule has 0 bridgehead atoms. The highest BCUT2D eigenvalue weighted by molar-refractivity contribution is 7.92. The lowest BCUT2D eigenvalue weighted by atomic mass is 10.0. The quantitative estimate of drug-likeness (QED) is 0.0609. The molecule has 14 nitrogen and oxygen atoms in total. The van der Waals surface area contributed by atoms with E-state index in [-0.39, 0.29) is 81.5 Å². The van der Waals surface area contributed by atoms with Gasteiger partial charge < -0.3 is 29.5 Å². The molecule has 2 heterocycles. The molecule has 1 saturated carbocycles. The molecule has 5 rings (SSSR count). The zero-order chi connectivity index (χ0) is 38.4. The molecule has 19 heteroatoms. The van der Waals surface area contributed by atoms with E-state index in [0.29, 0.717) is 22.8 Å². The summed E-state index contributed by atoms with van der Waals surface area (Å²) >= 11 is 12.7. The lowest BCUT2D eigenvalue weighted by Gasteiger charge is -2.23. The standard InChI is InChI=1S/C34H36Cl2F2N4O10S/c1-49-12-10-39-9-11-42(53(2,47)48)22-6-7-23-24(14-22)33(45)41(32(23)44)18-31(43)51-29(15-25-26(35)16-40(46)17-27(25)36)21-5-8-28(52-34(37)38)30(13-21)50-19-20-3-4-20/h5-8,13-14,16-17,20,29,34,39H,3-4,9-12,15,18-19H2,1-2H3. The zero-order valence-corrected chi connectivity index (χ0v) is 30.9. The highest BCUT2D eigenvalue weighted by atomic mass is 35.5. The number of methoxy groups -OCH3 is 1. The maximum atomic E-state index is 13.5. The van der Waals surface area contributed by atoms with Crippen LogP contribution in [0.3, 0.4) is 0 Å². The smallest absolute Gasteiger partial charge is 0.387 e. The average Bonchev–Trinajstić information content (AvgIpc) is 3.89. The molecule has 2 aliphatic rings. The number of esters is 1. The summed E-state index contributed by atoms with van der Waals surface area (Å²) in [6.07, 6.45) is 3.47. The fourth-order valence-electron chi connectivity index (χ4n) is 5.53. The van der Waals surface area contributed by atoms with Gasteiger partial charge in [0.1, 0.15) is 22.7 Å². The van der Waals surface area contributed by atoms with Crippen LogP contribution in [0.4, 0.5) is 14.5 Å². The van der Waals surface area contributed by atoms with Crippen LogP contribution in [0.25, 0.3) is 0 Å². The number of fused-ring (bicyclic) bond motifs is 1. The maximum absolute atomic E-state index is 13.5. The lowest BCUT2D eigenvalue weighted by molar-refractivity contribution is -0.605. The Morgan fingerprint density at radius 1 is 1.06 bits per heavy atom. The minimum absolute atomic E-state index is 0.0216. The molecule has 2 amide bonds. The number of hydrogen-bond donors (Lipinski definition) is 1. The van der Waals surface area contributed by atoms with Gasteiger partial charge in [-0.1, -0.05) is 29.3 Å². The first kappa shape index (κ1) is 39.9. The number of alkyl halides is 2. The Balaban J connectivity index is 1.38. The van der Waals surface area contributed by atoms with Crippen LogP contribution in [0, 0.1) is 11.1 Å². The van der Waals surface area contributed by atoms with Crippen molar-refractivity contribution in [1.82, 2.24) is 10.2 Å². The van der Waals surface area contributed by atoms with E-state index in [1.807, 2.05) is 0 Å². The van der Waals surface area contributed by atoms with Crippen LogP contribution in [-0.4, -0.2) is 90.5 Å². The summed E-state index contributed by atoms with van der Waals surface area (Å²) in [5, 5.41) is 14.8. The number of carbonyl (C=O) groups excluding carboxylic acids is 3. The van der Waals surface area contributed by atoms with Gasteiger partial charge in [-0.2, -0.15) is 13.5 Å². The number of rotatable bonds is 19. The Morgan fingerprint density at radius 2 is 1.75 bits per heavy atom. The van der Waals surface area contributed by atoms with Gasteiger partial charge in [0.15, 0.2) is 23.9 Å². The van der Waals surface area contributed by atoms with Crippen LogP contribution < -0.4 is 23.8 Å². The summed E-state index contributed by atoms with van der Waals surface area (Å²) in [6, 6.07) is 7.92. The molecule has 1 unspecified atom stereocenters.